The SMILES string of the molecule is C1CCC1.CNC(C)C. The third kappa shape index (κ3) is 7.96. The number of hydrogen-bond donors (Lipinski definition) is 1. The zero-order chi connectivity index (χ0) is 7.11. The van der Waals surface area contributed by atoms with Crippen molar-refractivity contribution < 1.29 is 0 Å². The summed E-state index contributed by atoms with van der Waals surface area (Å²) in [6.07, 6.45) is 6.00. The Bertz CT molecular complexity index is 42.5. The molecule has 0 unspecified atom stereocenters. The molecular weight excluding hydrogens is 110 g/mol. The van der Waals surface area contributed by atoms with Gasteiger partial charge in [-0.3, -0.25) is 0 Å². The van der Waals surface area contributed by atoms with Crippen molar-refractivity contribution in [1.29, 1.82) is 0 Å². The molecular formula is C8H19N. The topological polar surface area (TPSA) is 12.0 Å². The van der Waals surface area contributed by atoms with Crippen molar-refractivity contribution in [2.75, 3.05) is 7.05 Å². The fourth-order valence-electron chi connectivity index (χ4n) is 0.250. The molecule has 0 spiro atoms. The second-order valence-corrected chi connectivity index (χ2v) is 2.86. The van der Waals surface area contributed by atoms with Gasteiger partial charge in [0.25, 0.3) is 0 Å². The molecule has 1 aliphatic rings. The van der Waals surface area contributed by atoms with Gasteiger partial charge in [0.05, 0.1) is 0 Å². The van der Waals surface area contributed by atoms with E-state index in [-0.39, 0.29) is 0 Å². The van der Waals surface area contributed by atoms with Crippen molar-refractivity contribution in [3.8, 4) is 0 Å². The van der Waals surface area contributed by atoms with Gasteiger partial charge in [0, 0.05) is 6.04 Å². The Hall–Kier alpha value is -0.0400. The molecule has 0 amide bonds. The monoisotopic (exact) mass is 129 g/mol. The van der Waals surface area contributed by atoms with Crippen LogP contribution >= 0.6 is 0 Å². The van der Waals surface area contributed by atoms with Gasteiger partial charge in [0.2, 0.25) is 0 Å². The average molecular weight is 129 g/mol. The van der Waals surface area contributed by atoms with Crippen molar-refractivity contribution in [2.45, 2.75) is 45.6 Å². The minimum absolute atomic E-state index is 0.634. The molecule has 0 bridgehead atoms. The molecule has 0 radical (unpaired) electrons. The first kappa shape index (κ1) is 8.96. The second kappa shape index (κ2) is 6.09. The first-order valence-corrected chi connectivity index (χ1v) is 3.94. The first-order chi connectivity index (χ1) is 4.27. The van der Waals surface area contributed by atoms with E-state index in [9.17, 15) is 0 Å². The molecule has 0 aromatic heterocycles. The van der Waals surface area contributed by atoms with E-state index >= 15 is 0 Å². The van der Waals surface area contributed by atoms with Crippen LogP contribution in [0.3, 0.4) is 0 Å². The van der Waals surface area contributed by atoms with E-state index < -0.39 is 0 Å². The molecule has 1 saturated carbocycles. The highest BCUT2D eigenvalue weighted by molar-refractivity contribution is 4.50. The third-order valence-electron chi connectivity index (χ3n) is 1.58. The number of nitrogens with one attached hydrogen (secondary N) is 1. The lowest BCUT2D eigenvalue weighted by molar-refractivity contribution is 0.504. The summed E-state index contributed by atoms with van der Waals surface area (Å²) in [5, 5.41) is 3.03. The highest BCUT2D eigenvalue weighted by atomic mass is 14.8. The summed E-state index contributed by atoms with van der Waals surface area (Å²) in [5.41, 5.74) is 0. The molecule has 0 heterocycles. The van der Waals surface area contributed by atoms with Crippen LogP contribution in [0.1, 0.15) is 39.5 Å². The maximum atomic E-state index is 3.03. The molecule has 56 valence electrons. The average Bonchev–Trinajstić information content (AvgIpc) is 1.61. The molecule has 0 aromatic rings. The Morgan fingerprint density at radius 2 is 1.22 bits per heavy atom. The quantitative estimate of drug-likeness (QED) is 0.572. The summed E-state index contributed by atoms with van der Waals surface area (Å²) < 4.78 is 0. The van der Waals surface area contributed by atoms with Crippen molar-refractivity contribution in [3.05, 3.63) is 0 Å². The molecule has 0 saturated heterocycles. The van der Waals surface area contributed by atoms with Crippen molar-refractivity contribution in [1.82, 2.24) is 5.32 Å². The molecule has 0 aliphatic heterocycles. The maximum absolute atomic E-state index is 3.03. The summed E-state index contributed by atoms with van der Waals surface area (Å²) in [6, 6.07) is 0.634. The standard InChI is InChI=1S/C4H11N.C4H8/c1-4(2)5-3;1-2-4-3-1/h4-5H,1-3H3;1-4H2. The first-order valence-electron chi connectivity index (χ1n) is 3.94. The Labute approximate surface area is 58.8 Å². The largest absolute Gasteiger partial charge is 0.318 e. The third-order valence-corrected chi connectivity index (χ3v) is 1.58. The van der Waals surface area contributed by atoms with Gasteiger partial charge in [-0.25, -0.2) is 0 Å². The zero-order valence-corrected chi connectivity index (χ0v) is 6.91. The summed E-state index contributed by atoms with van der Waals surface area (Å²) in [4.78, 5) is 0. The van der Waals surface area contributed by atoms with Crippen LogP contribution in [0.2, 0.25) is 0 Å². The highest BCUT2D eigenvalue weighted by Crippen LogP contribution is 2.15. The van der Waals surface area contributed by atoms with Gasteiger partial charge in [-0.15, -0.1) is 0 Å². The van der Waals surface area contributed by atoms with E-state index in [0.29, 0.717) is 6.04 Å². The maximum Gasteiger partial charge on any atom is 0.000733 e. The summed E-state index contributed by atoms with van der Waals surface area (Å²) in [5.74, 6) is 0. The Morgan fingerprint density at radius 3 is 1.22 bits per heavy atom. The van der Waals surface area contributed by atoms with E-state index in [1.807, 2.05) is 7.05 Å². The van der Waals surface area contributed by atoms with Gasteiger partial charge in [0.15, 0.2) is 0 Å². The van der Waals surface area contributed by atoms with Gasteiger partial charge in [-0.05, 0) is 7.05 Å². The smallest absolute Gasteiger partial charge is 0.000733 e. The Morgan fingerprint density at radius 1 is 1.00 bits per heavy atom. The van der Waals surface area contributed by atoms with Gasteiger partial charge in [-0.2, -0.15) is 0 Å². The predicted molar refractivity (Wildman–Crippen MR) is 42.7 cm³/mol. The molecule has 1 nitrogen and oxygen atoms in total. The number of rotatable bonds is 1. The molecule has 1 aliphatic carbocycles. The van der Waals surface area contributed by atoms with Crippen molar-refractivity contribution >= 4 is 0 Å². The van der Waals surface area contributed by atoms with Crippen LogP contribution in [0, 0.1) is 0 Å². The molecule has 0 atom stereocenters. The fourth-order valence-corrected chi connectivity index (χ4v) is 0.250. The lowest BCUT2D eigenvalue weighted by atomic mass is 10.0. The van der Waals surface area contributed by atoms with Gasteiger partial charge >= 0.3 is 0 Å². The van der Waals surface area contributed by atoms with Gasteiger partial charge in [-0.1, -0.05) is 39.5 Å². The van der Waals surface area contributed by atoms with Crippen LogP contribution in [0.4, 0.5) is 0 Å². The summed E-state index contributed by atoms with van der Waals surface area (Å²) in [7, 11) is 1.95. The van der Waals surface area contributed by atoms with Crippen LogP contribution in [0.15, 0.2) is 0 Å². The van der Waals surface area contributed by atoms with E-state index in [1.165, 1.54) is 25.7 Å². The van der Waals surface area contributed by atoms with E-state index in [1.54, 1.807) is 0 Å². The summed E-state index contributed by atoms with van der Waals surface area (Å²) >= 11 is 0. The van der Waals surface area contributed by atoms with Crippen LogP contribution in [0.5, 0.6) is 0 Å². The lowest BCUT2D eigenvalue weighted by Gasteiger charge is -2.05. The lowest BCUT2D eigenvalue weighted by Crippen LogP contribution is -2.15. The molecule has 0 aromatic carbocycles. The number of hydrogen-bond acceptors (Lipinski definition) is 1. The molecule has 1 heteroatoms. The molecule has 1 N–H and O–H groups in total. The predicted octanol–water partition coefficient (Wildman–Crippen LogP) is 2.17. The van der Waals surface area contributed by atoms with Crippen LogP contribution in [0.25, 0.3) is 0 Å². The van der Waals surface area contributed by atoms with Crippen LogP contribution < -0.4 is 5.32 Å². The Kier molecular flexibility index (Phi) is 6.06. The van der Waals surface area contributed by atoms with E-state index in [4.69, 9.17) is 0 Å². The van der Waals surface area contributed by atoms with Crippen molar-refractivity contribution in [3.63, 3.8) is 0 Å². The second-order valence-electron chi connectivity index (χ2n) is 2.86. The van der Waals surface area contributed by atoms with E-state index in [2.05, 4.69) is 19.2 Å². The normalized spacial score (nSPS) is 16.0. The van der Waals surface area contributed by atoms with Gasteiger partial charge < -0.3 is 5.32 Å². The molecule has 1 rings (SSSR count). The van der Waals surface area contributed by atoms with Crippen molar-refractivity contribution in [2.24, 2.45) is 0 Å². The zero-order valence-electron chi connectivity index (χ0n) is 6.91. The van der Waals surface area contributed by atoms with E-state index in [0.717, 1.165) is 0 Å². The fraction of sp³-hybridized carbons (Fsp3) is 1.00. The molecule has 1 fully saturated rings. The van der Waals surface area contributed by atoms with Crippen LogP contribution in [-0.2, 0) is 0 Å². The summed E-state index contributed by atoms with van der Waals surface area (Å²) in [6.45, 7) is 4.22. The van der Waals surface area contributed by atoms with Gasteiger partial charge in [0.1, 0.15) is 0 Å². The molecule has 9 heavy (non-hydrogen) atoms. The van der Waals surface area contributed by atoms with Crippen LogP contribution in [-0.4, -0.2) is 13.1 Å². The Balaban J connectivity index is 0.000000144. The minimum atomic E-state index is 0.634. The highest BCUT2D eigenvalue weighted by Gasteiger charge is 1.95. The minimum Gasteiger partial charge on any atom is -0.318 e.